The molecular weight excluding hydrogens is 376 g/mol. The van der Waals surface area contributed by atoms with Crippen LogP contribution in [0.4, 0.5) is 0 Å². The highest BCUT2D eigenvalue weighted by Crippen LogP contribution is 2.13. The molecule has 1 amide bonds. The number of hydrogen-bond acceptors (Lipinski definition) is 4. The molecule has 1 aromatic heterocycles. The molecule has 1 saturated heterocycles. The van der Waals surface area contributed by atoms with Gasteiger partial charge in [-0.25, -0.2) is 4.68 Å². The first kappa shape index (κ1) is 20.1. The van der Waals surface area contributed by atoms with E-state index < -0.39 is 0 Å². The van der Waals surface area contributed by atoms with Crippen molar-refractivity contribution < 1.29 is 9.53 Å². The predicted octanol–water partition coefficient (Wildman–Crippen LogP) is 3.03. The summed E-state index contributed by atoms with van der Waals surface area (Å²) in [6, 6.07) is 18.1. The van der Waals surface area contributed by atoms with Crippen LogP contribution in [0.25, 0.3) is 11.8 Å². The first-order valence-electron chi connectivity index (χ1n) is 10.2. The number of rotatable bonds is 7. The Morgan fingerprint density at radius 1 is 1.03 bits per heavy atom. The van der Waals surface area contributed by atoms with Gasteiger partial charge in [0.1, 0.15) is 0 Å². The predicted molar refractivity (Wildman–Crippen MR) is 117 cm³/mol. The zero-order valence-electron chi connectivity index (χ0n) is 16.9. The van der Waals surface area contributed by atoms with Crippen LogP contribution in [0.3, 0.4) is 0 Å². The molecule has 0 saturated carbocycles. The fourth-order valence-electron chi connectivity index (χ4n) is 3.44. The van der Waals surface area contributed by atoms with Crippen LogP contribution in [0.2, 0.25) is 0 Å². The number of hydrogen-bond donors (Lipinski definition) is 1. The van der Waals surface area contributed by atoms with E-state index in [-0.39, 0.29) is 5.91 Å². The lowest BCUT2D eigenvalue weighted by Gasteiger charge is -2.27. The Hall–Kier alpha value is -3.22. The van der Waals surface area contributed by atoms with E-state index in [9.17, 15) is 4.79 Å². The lowest BCUT2D eigenvalue weighted by molar-refractivity contribution is -0.116. The molecule has 0 atom stereocenters. The van der Waals surface area contributed by atoms with E-state index in [4.69, 9.17) is 4.74 Å². The molecule has 3 aromatic rings. The van der Waals surface area contributed by atoms with Crippen LogP contribution in [-0.4, -0.2) is 46.9 Å². The van der Waals surface area contributed by atoms with Crippen molar-refractivity contribution in [3.8, 4) is 5.69 Å². The highest BCUT2D eigenvalue weighted by atomic mass is 16.5. The van der Waals surface area contributed by atoms with Gasteiger partial charge in [-0.05, 0) is 29.3 Å². The second-order valence-electron chi connectivity index (χ2n) is 7.26. The number of para-hydroxylation sites is 1. The van der Waals surface area contributed by atoms with Crippen molar-refractivity contribution in [3.63, 3.8) is 0 Å². The third-order valence-electron chi connectivity index (χ3n) is 5.12. The van der Waals surface area contributed by atoms with Crippen LogP contribution >= 0.6 is 0 Å². The van der Waals surface area contributed by atoms with E-state index in [1.165, 1.54) is 5.56 Å². The van der Waals surface area contributed by atoms with Crippen molar-refractivity contribution in [2.45, 2.75) is 13.1 Å². The average Bonchev–Trinajstić information content (AvgIpc) is 3.28. The molecule has 6 nitrogen and oxygen atoms in total. The molecule has 1 aliphatic rings. The van der Waals surface area contributed by atoms with E-state index in [0.717, 1.165) is 49.7 Å². The van der Waals surface area contributed by atoms with Crippen molar-refractivity contribution in [2.24, 2.45) is 0 Å². The van der Waals surface area contributed by atoms with Gasteiger partial charge in [0.25, 0.3) is 0 Å². The summed E-state index contributed by atoms with van der Waals surface area (Å²) in [6.07, 6.45) is 6.98. The summed E-state index contributed by atoms with van der Waals surface area (Å²) >= 11 is 0. The van der Waals surface area contributed by atoms with Crippen LogP contribution in [0.15, 0.2) is 73.1 Å². The normalized spacial score (nSPS) is 14.8. The van der Waals surface area contributed by atoms with Crippen LogP contribution in [0.5, 0.6) is 0 Å². The number of nitrogens with one attached hydrogen (secondary N) is 1. The largest absolute Gasteiger partial charge is 0.379 e. The summed E-state index contributed by atoms with van der Waals surface area (Å²) in [5.74, 6) is -0.122. The number of aromatic nitrogens is 2. The van der Waals surface area contributed by atoms with Gasteiger partial charge < -0.3 is 10.1 Å². The Morgan fingerprint density at radius 3 is 2.57 bits per heavy atom. The summed E-state index contributed by atoms with van der Waals surface area (Å²) in [6.45, 7) is 4.84. The molecule has 0 spiro atoms. The molecule has 0 bridgehead atoms. The number of carbonyl (C=O) groups excluding carboxylic acids is 1. The Labute approximate surface area is 176 Å². The number of nitrogens with zero attached hydrogens (tertiary/aromatic N) is 3. The van der Waals surface area contributed by atoms with E-state index in [1.54, 1.807) is 23.0 Å². The van der Waals surface area contributed by atoms with E-state index in [2.05, 4.69) is 27.4 Å². The average molecular weight is 402 g/mol. The maximum Gasteiger partial charge on any atom is 0.244 e. The van der Waals surface area contributed by atoms with Gasteiger partial charge >= 0.3 is 0 Å². The van der Waals surface area contributed by atoms with Crippen LogP contribution in [0.1, 0.15) is 16.7 Å². The van der Waals surface area contributed by atoms with Gasteiger partial charge in [0, 0.05) is 44.0 Å². The van der Waals surface area contributed by atoms with Crippen molar-refractivity contribution >= 4 is 12.0 Å². The molecule has 2 aromatic carbocycles. The maximum atomic E-state index is 12.3. The first-order chi connectivity index (χ1) is 14.8. The molecule has 2 heterocycles. The summed E-state index contributed by atoms with van der Waals surface area (Å²) < 4.78 is 7.22. The Kier molecular flexibility index (Phi) is 6.69. The number of morpholine rings is 1. The smallest absolute Gasteiger partial charge is 0.244 e. The minimum atomic E-state index is -0.122. The summed E-state index contributed by atoms with van der Waals surface area (Å²) in [4.78, 5) is 14.7. The molecule has 4 rings (SSSR count). The summed E-state index contributed by atoms with van der Waals surface area (Å²) in [5.41, 5.74) is 4.25. The highest BCUT2D eigenvalue weighted by molar-refractivity contribution is 5.91. The van der Waals surface area contributed by atoms with E-state index in [0.29, 0.717) is 6.54 Å². The molecule has 1 N–H and O–H groups in total. The fraction of sp³-hybridized carbons (Fsp3) is 0.250. The number of carbonyl (C=O) groups is 1. The first-order valence-corrected chi connectivity index (χ1v) is 10.2. The van der Waals surface area contributed by atoms with Gasteiger partial charge in [0.2, 0.25) is 5.91 Å². The molecule has 1 aliphatic heterocycles. The topological polar surface area (TPSA) is 59.4 Å². The van der Waals surface area contributed by atoms with Crippen molar-refractivity contribution in [2.75, 3.05) is 26.3 Å². The highest BCUT2D eigenvalue weighted by Gasteiger charge is 2.12. The molecule has 0 aliphatic carbocycles. The van der Waals surface area contributed by atoms with Gasteiger partial charge in [-0.3, -0.25) is 9.69 Å². The maximum absolute atomic E-state index is 12.3. The van der Waals surface area contributed by atoms with Crippen LogP contribution < -0.4 is 5.32 Å². The number of amides is 1. The fourth-order valence-corrected chi connectivity index (χ4v) is 3.44. The van der Waals surface area contributed by atoms with Crippen molar-refractivity contribution in [3.05, 3.63) is 89.8 Å². The van der Waals surface area contributed by atoms with Gasteiger partial charge in [0.05, 0.1) is 25.1 Å². The molecule has 154 valence electrons. The SMILES string of the molecule is O=C(/C=C/c1cnn(-c2ccccc2)c1)NCc1ccccc1CN1CCOCC1. The minimum Gasteiger partial charge on any atom is -0.379 e. The van der Waals surface area contributed by atoms with Crippen LogP contribution in [-0.2, 0) is 22.6 Å². The Morgan fingerprint density at radius 2 is 1.77 bits per heavy atom. The number of benzene rings is 2. The zero-order valence-corrected chi connectivity index (χ0v) is 16.9. The second-order valence-corrected chi connectivity index (χ2v) is 7.26. The lowest BCUT2D eigenvalue weighted by atomic mass is 10.1. The molecule has 30 heavy (non-hydrogen) atoms. The standard InChI is InChI=1S/C24H26N4O2/c29-24(11-10-20-16-26-28(18-20)23-8-2-1-3-9-23)25-17-21-6-4-5-7-22(21)19-27-12-14-30-15-13-27/h1-11,16,18H,12-15,17,19H2,(H,25,29)/b11-10+. The van der Waals surface area contributed by atoms with Gasteiger partial charge in [0.15, 0.2) is 0 Å². The quantitative estimate of drug-likeness (QED) is 0.617. The molecule has 0 radical (unpaired) electrons. The van der Waals surface area contributed by atoms with Crippen LogP contribution in [0, 0.1) is 0 Å². The minimum absolute atomic E-state index is 0.122. The summed E-state index contributed by atoms with van der Waals surface area (Å²) in [5, 5.41) is 7.33. The molecular formula is C24H26N4O2. The Balaban J connectivity index is 1.32. The molecule has 0 unspecified atom stereocenters. The number of ether oxygens (including phenoxy) is 1. The lowest BCUT2D eigenvalue weighted by Crippen LogP contribution is -2.36. The third kappa shape index (κ3) is 5.43. The van der Waals surface area contributed by atoms with Gasteiger partial charge in [-0.2, -0.15) is 5.10 Å². The Bertz CT molecular complexity index is 991. The summed E-state index contributed by atoms with van der Waals surface area (Å²) in [7, 11) is 0. The molecule has 6 heteroatoms. The second kappa shape index (κ2) is 10.0. The van der Waals surface area contributed by atoms with E-state index in [1.807, 2.05) is 48.7 Å². The molecule has 1 fully saturated rings. The van der Waals surface area contributed by atoms with Gasteiger partial charge in [-0.1, -0.05) is 42.5 Å². The monoisotopic (exact) mass is 402 g/mol. The third-order valence-corrected chi connectivity index (χ3v) is 5.12. The van der Waals surface area contributed by atoms with Gasteiger partial charge in [-0.15, -0.1) is 0 Å². The van der Waals surface area contributed by atoms with E-state index >= 15 is 0 Å². The van der Waals surface area contributed by atoms with Crippen molar-refractivity contribution in [1.82, 2.24) is 20.0 Å². The van der Waals surface area contributed by atoms with Crippen molar-refractivity contribution in [1.29, 1.82) is 0 Å². The zero-order chi connectivity index (χ0) is 20.6.